The molecule has 0 amide bonds. The van der Waals surface area contributed by atoms with Gasteiger partial charge in [-0.05, 0) is 50.5 Å². The van der Waals surface area contributed by atoms with Crippen molar-refractivity contribution in [3.63, 3.8) is 0 Å². The monoisotopic (exact) mass is 502 g/mol. The quantitative estimate of drug-likeness (QED) is 0.270. The summed E-state index contributed by atoms with van der Waals surface area (Å²) in [4.78, 5) is 21.5. The predicted octanol–water partition coefficient (Wildman–Crippen LogP) is 5.43. The first-order valence-electron chi connectivity index (χ1n) is 12.8. The zero-order chi connectivity index (χ0) is 26.9. The third-order valence-corrected chi connectivity index (χ3v) is 7.08. The Labute approximate surface area is 214 Å². The highest BCUT2D eigenvalue weighted by atomic mass is 16.7. The molecule has 7 heteroatoms. The number of aliphatic hydroxyl groups excluding tert-OH is 1. The van der Waals surface area contributed by atoms with Gasteiger partial charge in [0.25, 0.3) is 0 Å². The van der Waals surface area contributed by atoms with E-state index in [-0.39, 0.29) is 18.1 Å². The van der Waals surface area contributed by atoms with Crippen LogP contribution in [0.3, 0.4) is 0 Å². The Morgan fingerprint density at radius 3 is 2.25 bits per heavy atom. The molecule has 7 atom stereocenters. The van der Waals surface area contributed by atoms with E-state index < -0.39 is 23.8 Å². The second kappa shape index (κ2) is 13.7. The van der Waals surface area contributed by atoms with Crippen molar-refractivity contribution in [2.75, 3.05) is 0 Å². The van der Waals surface area contributed by atoms with E-state index in [2.05, 4.69) is 19.9 Å². The minimum absolute atomic E-state index is 0.0103. The van der Waals surface area contributed by atoms with Gasteiger partial charge >= 0.3 is 11.9 Å². The number of rotatable bonds is 10. The van der Waals surface area contributed by atoms with Gasteiger partial charge in [-0.25, -0.2) is 9.59 Å². The molecule has 0 aromatic carbocycles. The van der Waals surface area contributed by atoms with Crippen LogP contribution in [0.25, 0.3) is 0 Å². The van der Waals surface area contributed by atoms with Crippen molar-refractivity contribution >= 4 is 11.9 Å². The van der Waals surface area contributed by atoms with E-state index in [1.165, 1.54) is 12.2 Å². The summed E-state index contributed by atoms with van der Waals surface area (Å²) in [5, 5.41) is 27.9. The van der Waals surface area contributed by atoms with Crippen LogP contribution in [0.4, 0.5) is 0 Å². The molecule has 200 valence electrons. The van der Waals surface area contributed by atoms with Gasteiger partial charge in [-0.1, -0.05) is 62.8 Å². The van der Waals surface area contributed by atoms with Gasteiger partial charge in [0.15, 0.2) is 5.79 Å². The van der Waals surface area contributed by atoms with E-state index in [1.807, 2.05) is 25.2 Å². The Morgan fingerprint density at radius 2 is 1.61 bits per heavy atom. The van der Waals surface area contributed by atoms with Crippen molar-refractivity contribution < 1.29 is 34.4 Å². The molecular formula is C29H42O7. The first-order chi connectivity index (χ1) is 16.9. The molecule has 2 heterocycles. The van der Waals surface area contributed by atoms with Crippen LogP contribution in [0.2, 0.25) is 0 Å². The van der Waals surface area contributed by atoms with Crippen LogP contribution in [-0.4, -0.2) is 51.4 Å². The van der Waals surface area contributed by atoms with Crippen LogP contribution < -0.4 is 0 Å². The first-order valence-corrected chi connectivity index (χ1v) is 12.8. The molecule has 0 radical (unpaired) electrons. The number of allylic oxidation sites excluding steroid dienone is 4. The lowest BCUT2D eigenvalue weighted by Crippen LogP contribution is -2.51. The van der Waals surface area contributed by atoms with Gasteiger partial charge in [-0.15, -0.1) is 0 Å². The van der Waals surface area contributed by atoms with Crippen molar-refractivity contribution in [3.05, 3.63) is 59.8 Å². The van der Waals surface area contributed by atoms with Gasteiger partial charge in [-0.3, -0.25) is 0 Å². The average Bonchev–Trinajstić information content (AvgIpc) is 2.81. The van der Waals surface area contributed by atoms with Crippen LogP contribution in [0.15, 0.2) is 59.8 Å². The molecule has 0 unspecified atom stereocenters. The second-order valence-electron chi connectivity index (χ2n) is 10.4. The van der Waals surface area contributed by atoms with Gasteiger partial charge in [0.05, 0.1) is 18.3 Å². The second-order valence-corrected chi connectivity index (χ2v) is 10.4. The molecule has 0 saturated carbocycles. The van der Waals surface area contributed by atoms with E-state index in [0.29, 0.717) is 17.4 Å². The number of aliphatic hydroxyl groups is 1. The van der Waals surface area contributed by atoms with Crippen molar-refractivity contribution in [1.29, 1.82) is 0 Å². The van der Waals surface area contributed by atoms with Crippen molar-refractivity contribution in [2.24, 2.45) is 17.8 Å². The molecule has 36 heavy (non-hydrogen) atoms. The van der Waals surface area contributed by atoms with Gasteiger partial charge in [0.2, 0.25) is 0 Å². The highest BCUT2D eigenvalue weighted by Crippen LogP contribution is 2.43. The molecule has 2 rings (SSSR count). The molecule has 2 fully saturated rings. The Morgan fingerprint density at radius 1 is 0.944 bits per heavy atom. The molecule has 3 N–H and O–H groups in total. The van der Waals surface area contributed by atoms with Crippen LogP contribution in [0.5, 0.6) is 0 Å². The molecule has 2 aliphatic heterocycles. The third-order valence-electron chi connectivity index (χ3n) is 7.08. The van der Waals surface area contributed by atoms with Crippen LogP contribution in [0.1, 0.15) is 66.7 Å². The minimum atomic E-state index is -1.03. The number of aliphatic carboxylic acids is 2. The van der Waals surface area contributed by atoms with Crippen molar-refractivity contribution in [3.8, 4) is 0 Å². The highest BCUT2D eigenvalue weighted by Gasteiger charge is 2.45. The van der Waals surface area contributed by atoms with E-state index in [0.717, 1.165) is 43.8 Å². The zero-order valence-electron chi connectivity index (χ0n) is 22.1. The summed E-state index contributed by atoms with van der Waals surface area (Å²) >= 11 is 0. The Hall–Kier alpha value is -2.48. The third kappa shape index (κ3) is 9.52. The van der Waals surface area contributed by atoms with Gasteiger partial charge < -0.3 is 24.8 Å². The summed E-state index contributed by atoms with van der Waals surface area (Å²) in [6.45, 7) is 9.84. The molecule has 2 aliphatic rings. The smallest absolute Gasteiger partial charge is 0.328 e. The van der Waals surface area contributed by atoms with Gasteiger partial charge in [-0.2, -0.15) is 0 Å². The van der Waals surface area contributed by atoms with E-state index in [1.54, 1.807) is 19.9 Å². The maximum atomic E-state index is 10.9. The van der Waals surface area contributed by atoms with Gasteiger partial charge in [0, 0.05) is 30.9 Å². The Balaban J connectivity index is 2.01. The summed E-state index contributed by atoms with van der Waals surface area (Å²) < 4.78 is 13.1. The largest absolute Gasteiger partial charge is 0.478 e. The number of carboxylic acid groups (broad SMARTS) is 2. The lowest BCUT2D eigenvalue weighted by molar-refractivity contribution is -0.323. The highest BCUT2D eigenvalue weighted by molar-refractivity contribution is 5.81. The lowest BCUT2D eigenvalue weighted by atomic mass is 9.83. The predicted molar refractivity (Wildman–Crippen MR) is 139 cm³/mol. The molecule has 0 aliphatic carbocycles. The van der Waals surface area contributed by atoms with E-state index >= 15 is 0 Å². The average molecular weight is 503 g/mol. The number of hydrogen-bond acceptors (Lipinski definition) is 5. The SMILES string of the molecule is CC(/C=C/[C@H](O)[C@@H](C)/C=C/C(=O)O)=C\C[C@H]1O[C@]2(CC[C@H](C)[C@H](/C=C/C(C)=C/C(=O)O)O2)CC[C@@H]1C. The molecule has 1 spiro atoms. The van der Waals surface area contributed by atoms with E-state index in [9.17, 15) is 14.7 Å². The molecule has 7 nitrogen and oxygen atoms in total. The molecule has 0 aromatic heterocycles. The fraction of sp³-hybridized carbons (Fsp3) is 0.586. The van der Waals surface area contributed by atoms with Crippen molar-refractivity contribution in [2.45, 2.75) is 90.8 Å². The zero-order valence-corrected chi connectivity index (χ0v) is 22.1. The fourth-order valence-electron chi connectivity index (χ4n) is 4.53. The fourth-order valence-corrected chi connectivity index (χ4v) is 4.53. The first kappa shape index (κ1) is 29.7. The minimum Gasteiger partial charge on any atom is -0.478 e. The molecular weight excluding hydrogens is 460 g/mol. The van der Waals surface area contributed by atoms with Crippen LogP contribution in [0, 0.1) is 17.8 Å². The summed E-state index contributed by atoms with van der Waals surface area (Å²) in [7, 11) is 0. The maximum absolute atomic E-state index is 10.9. The topological polar surface area (TPSA) is 113 Å². The Bertz CT molecular complexity index is 909. The van der Waals surface area contributed by atoms with Crippen LogP contribution in [-0.2, 0) is 19.1 Å². The molecule has 2 saturated heterocycles. The summed E-state index contributed by atoms with van der Waals surface area (Å²) in [5.74, 6) is -2.22. The van der Waals surface area contributed by atoms with E-state index in [4.69, 9.17) is 19.7 Å². The van der Waals surface area contributed by atoms with Crippen LogP contribution >= 0.6 is 0 Å². The number of ether oxygens (including phenoxy) is 2. The lowest BCUT2D eigenvalue weighted by Gasteiger charge is -2.49. The summed E-state index contributed by atoms with van der Waals surface area (Å²) in [6.07, 6.45) is 16.6. The maximum Gasteiger partial charge on any atom is 0.328 e. The molecule has 0 bridgehead atoms. The van der Waals surface area contributed by atoms with Crippen molar-refractivity contribution in [1.82, 2.24) is 0 Å². The summed E-state index contributed by atoms with van der Waals surface area (Å²) in [5.41, 5.74) is 1.67. The molecule has 0 aromatic rings. The number of carbonyl (C=O) groups is 2. The Kier molecular flexibility index (Phi) is 11.3. The van der Waals surface area contributed by atoms with Gasteiger partial charge in [0.1, 0.15) is 0 Å². The standard InChI is InChI=1S/C29H42O7/c1-19(6-10-24(30)21(3)9-13-27(31)32)7-11-25-22(4)14-16-29(35-25)17-15-23(5)26(36-29)12-8-20(2)18-28(33)34/h6-10,12-13,18,21-26,30H,11,14-17H2,1-5H3,(H,31,32)(H,33,34)/b10-6+,12-8+,13-9+,19-7+,20-18+/t21-,22-,23-,24-,25+,26-,29+/m0/s1. The summed E-state index contributed by atoms with van der Waals surface area (Å²) in [6, 6.07) is 0. The normalized spacial score (nSPS) is 31.9. The number of carboxylic acids is 2. The number of hydrogen-bond donors (Lipinski definition) is 3.